The van der Waals surface area contributed by atoms with Gasteiger partial charge in [0.2, 0.25) is 5.91 Å². The summed E-state index contributed by atoms with van der Waals surface area (Å²) in [5, 5.41) is 3.02. The van der Waals surface area contributed by atoms with Crippen LogP contribution < -0.4 is 5.32 Å². The van der Waals surface area contributed by atoms with Crippen molar-refractivity contribution in [3.8, 4) is 0 Å². The molecule has 0 radical (unpaired) electrons. The number of benzene rings is 1. The van der Waals surface area contributed by atoms with Gasteiger partial charge < -0.3 is 5.32 Å². The molecule has 0 aromatic heterocycles. The van der Waals surface area contributed by atoms with Crippen molar-refractivity contribution >= 4 is 23.4 Å². The van der Waals surface area contributed by atoms with Crippen LogP contribution >= 0.6 is 11.8 Å². The van der Waals surface area contributed by atoms with Crippen molar-refractivity contribution in [3.05, 3.63) is 28.8 Å². The van der Waals surface area contributed by atoms with Gasteiger partial charge in [0, 0.05) is 5.69 Å². The molecule has 3 heteroatoms. The van der Waals surface area contributed by atoms with Crippen molar-refractivity contribution in [1.29, 1.82) is 0 Å². The molecule has 0 unspecified atom stereocenters. The Labute approximate surface area is 115 Å². The van der Waals surface area contributed by atoms with Gasteiger partial charge in [-0.3, -0.25) is 4.79 Å². The first-order valence-electron chi connectivity index (χ1n) is 6.50. The maximum atomic E-state index is 11.8. The van der Waals surface area contributed by atoms with Gasteiger partial charge in [-0.2, -0.15) is 11.8 Å². The normalized spacial score (nSPS) is 10.4. The highest BCUT2D eigenvalue weighted by Crippen LogP contribution is 2.22. The van der Waals surface area contributed by atoms with Gasteiger partial charge in [-0.1, -0.05) is 31.0 Å². The first-order chi connectivity index (χ1) is 8.54. The maximum Gasteiger partial charge on any atom is 0.234 e. The van der Waals surface area contributed by atoms with E-state index in [1.54, 1.807) is 11.8 Å². The zero-order valence-electron chi connectivity index (χ0n) is 11.8. The molecule has 1 aromatic rings. The van der Waals surface area contributed by atoms with E-state index < -0.39 is 0 Å². The lowest BCUT2D eigenvalue weighted by Crippen LogP contribution is -2.16. The highest BCUT2D eigenvalue weighted by atomic mass is 32.2. The summed E-state index contributed by atoms with van der Waals surface area (Å²) in [6.07, 6.45) is 2.37. The van der Waals surface area contributed by atoms with Crippen LogP contribution in [0.2, 0.25) is 0 Å². The Morgan fingerprint density at radius 1 is 1.22 bits per heavy atom. The number of rotatable bonds is 6. The summed E-state index contributed by atoms with van der Waals surface area (Å²) >= 11 is 1.71. The minimum Gasteiger partial charge on any atom is -0.325 e. The molecule has 100 valence electrons. The second kappa shape index (κ2) is 7.47. The lowest BCUT2D eigenvalue weighted by Gasteiger charge is -2.12. The number of carbonyl (C=O) groups is 1. The number of hydrogen-bond donors (Lipinski definition) is 1. The standard InChI is InChI=1S/C15H23NOS/c1-5-6-7-18-10-14(17)16-15-12(3)8-11(2)9-13(15)4/h8-9H,5-7,10H2,1-4H3,(H,16,17). The van der Waals surface area contributed by atoms with Crippen molar-refractivity contribution < 1.29 is 4.79 Å². The molecule has 0 heterocycles. The zero-order valence-corrected chi connectivity index (χ0v) is 12.6. The fraction of sp³-hybridized carbons (Fsp3) is 0.533. The number of unbranched alkanes of at least 4 members (excludes halogenated alkanes) is 1. The fourth-order valence-corrected chi connectivity index (χ4v) is 2.86. The molecular formula is C15H23NOS. The molecule has 0 aliphatic carbocycles. The zero-order chi connectivity index (χ0) is 13.5. The third-order valence-electron chi connectivity index (χ3n) is 2.82. The van der Waals surface area contributed by atoms with Gasteiger partial charge in [0.05, 0.1) is 5.75 Å². The Bertz CT molecular complexity index is 392. The molecule has 0 aliphatic heterocycles. The van der Waals surface area contributed by atoms with Crippen LogP contribution in [0.4, 0.5) is 5.69 Å². The molecule has 0 saturated heterocycles. The fourth-order valence-electron chi connectivity index (χ4n) is 1.96. The van der Waals surface area contributed by atoms with Crippen molar-refractivity contribution in [2.75, 3.05) is 16.8 Å². The van der Waals surface area contributed by atoms with Crippen LogP contribution in [0.3, 0.4) is 0 Å². The average molecular weight is 265 g/mol. The van der Waals surface area contributed by atoms with Crippen molar-refractivity contribution in [2.24, 2.45) is 0 Å². The van der Waals surface area contributed by atoms with E-state index in [0.717, 1.165) is 22.6 Å². The largest absolute Gasteiger partial charge is 0.325 e. The number of hydrogen-bond acceptors (Lipinski definition) is 2. The molecule has 0 bridgehead atoms. The van der Waals surface area contributed by atoms with Crippen LogP contribution in [0.15, 0.2) is 12.1 Å². The number of anilines is 1. The number of nitrogens with one attached hydrogen (secondary N) is 1. The Balaban J connectivity index is 2.54. The van der Waals surface area contributed by atoms with Gasteiger partial charge in [-0.15, -0.1) is 0 Å². The molecule has 1 amide bonds. The summed E-state index contributed by atoms with van der Waals surface area (Å²) in [4.78, 5) is 11.8. The summed E-state index contributed by atoms with van der Waals surface area (Å²) in [6, 6.07) is 4.21. The van der Waals surface area contributed by atoms with Crippen LogP contribution in [0, 0.1) is 20.8 Å². The number of aryl methyl sites for hydroxylation is 3. The summed E-state index contributed by atoms with van der Waals surface area (Å²) in [6.45, 7) is 8.32. The highest BCUT2D eigenvalue weighted by Gasteiger charge is 2.08. The lowest BCUT2D eigenvalue weighted by atomic mass is 10.1. The van der Waals surface area contributed by atoms with Gasteiger partial charge in [0.25, 0.3) is 0 Å². The third kappa shape index (κ3) is 4.73. The van der Waals surface area contributed by atoms with Gasteiger partial charge in [-0.05, 0) is 44.1 Å². The van der Waals surface area contributed by atoms with Crippen LogP contribution in [-0.4, -0.2) is 17.4 Å². The summed E-state index contributed by atoms with van der Waals surface area (Å²) < 4.78 is 0. The predicted molar refractivity (Wildman–Crippen MR) is 81.5 cm³/mol. The van der Waals surface area contributed by atoms with Crippen molar-refractivity contribution in [3.63, 3.8) is 0 Å². The van der Waals surface area contributed by atoms with Gasteiger partial charge in [0.1, 0.15) is 0 Å². The molecule has 0 atom stereocenters. The molecule has 1 aromatic carbocycles. The Morgan fingerprint density at radius 2 is 1.83 bits per heavy atom. The molecule has 0 saturated carbocycles. The van der Waals surface area contributed by atoms with Gasteiger partial charge in [0.15, 0.2) is 0 Å². The van der Waals surface area contributed by atoms with Gasteiger partial charge in [-0.25, -0.2) is 0 Å². The van der Waals surface area contributed by atoms with Gasteiger partial charge >= 0.3 is 0 Å². The van der Waals surface area contributed by atoms with Crippen LogP contribution in [0.25, 0.3) is 0 Å². The first kappa shape index (κ1) is 15.1. The molecule has 0 aliphatic rings. The predicted octanol–water partition coefficient (Wildman–Crippen LogP) is 4.08. The van der Waals surface area contributed by atoms with Crippen molar-refractivity contribution in [2.45, 2.75) is 40.5 Å². The summed E-state index contributed by atoms with van der Waals surface area (Å²) in [5.74, 6) is 1.72. The van der Waals surface area contributed by atoms with Crippen LogP contribution in [0.5, 0.6) is 0 Å². The Morgan fingerprint density at radius 3 is 2.39 bits per heavy atom. The SMILES string of the molecule is CCCCSCC(=O)Nc1c(C)cc(C)cc1C. The topological polar surface area (TPSA) is 29.1 Å². The van der Waals surface area contributed by atoms with E-state index in [1.807, 2.05) is 13.8 Å². The number of amides is 1. The first-order valence-corrected chi connectivity index (χ1v) is 7.65. The van der Waals surface area contributed by atoms with E-state index in [1.165, 1.54) is 18.4 Å². The summed E-state index contributed by atoms with van der Waals surface area (Å²) in [7, 11) is 0. The number of carbonyl (C=O) groups excluding carboxylic acids is 1. The van der Waals surface area contributed by atoms with E-state index in [9.17, 15) is 4.79 Å². The lowest BCUT2D eigenvalue weighted by molar-refractivity contribution is -0.113. The maximum absolute atomic E-state index is 11.8. The average Bonchev–Trinajstić information content (AvgIpc) is 2.29. The van der Waals surface area contributed by atoms with E-state index in [4.69, 9.17) is 0 Å². The minimum atomic E-state index is 0.103. The quantitative estimate of drug-likeness (QED) is 0.785. The molecule has 18 heavy (non-hydrogen) atoms. The smallest absolute Gasteiger partial charge is 0.234 e. The molecule has 1 N–H and O–H groups in total. The molecular weight excluding hydrogens is 242 g/mol. The Hall–Kier alpha value is -0.960. The third-order valence-corrected chi connectivity index (χ3v) is 3.86. The van der Waals surface area contributed by atoms with E-state index in [2.05, 4.69) is 31.3 Å². The molecule has 0 spiro atoms. The molecule has 1 rings (SSSR count). The van der Waals surface area contributed by atoms with E-state index in [0.29, 0.717) is 5.75 Å². The minimum absolute atomic E-state index is 0.103. The second-order valence-electron chi connectivity index (χ2n) is 4.73. The Kier molecular flexibility index (Phi) is 6.27. The van der Waals surface area contributed by atoms with Crippen molar-refractivity contribution in [1.82, 2.24) is 0 Å². The molecule has 2 nitrogen and oxygen atoms in total. The van der Waals surface area contributed by atoms with Crippen LogP contribution in [0.1, 0.15) is 36.5 Å². The number of thioether (sulfide) groups is 1. The highest BCUT2D eigenvalue weighted by molar-refractivity contribution is 7.99. The monoisotopic (exact) mass is 265 g/mol. The second-order valence-corrected chi connectivity index (χ2v) is 5.83. The van der Waals surface area contributed by atoms with E-state index in [-0.39, 0.29) is 5.91 Å². The summed E-state index contributed by atoms with van der Waals surface area (Å²) in [5.41, 5.74) is 4.49. The molecule has 0 fully saturated rings. The van der Waals surface area contributed by atoms with Crippen LogP contribution in [-0.2, 0) is 4.79 Å². The van der Waals surface area contributed by atoms with E-state index >= 15 is 0 Å².